The molecule has 0 N–H and O–H groups in total. The van der Waals surface area contributed by atoms with E-state index in [1.165, 1.54) is 5.57 Å². The van der Waals surface area contributed by atoms with Gasteiger partial charge in [0.2, 0.25) is 0 Å². The largest absolute Gasteiger partial charge is 0.469 e. The number of ether oxygens (including phenoxy) is 2. The van der Waals surface area contributed by atoms with E-state index in [2.05, 4.69) is 60.6 Å². The lowest BCUT2D eigenvalue weighted by Gasteiger charge is -2.68. The molecule has 4 nitrogen and oxygen atoms in total. The molecule has 0 aromatic heterocycles. The lowest BCUT2D eigenvalue weighted by molar-refractivity contribution is -0.174. The quantitative estimate of drug-likeness (QED) is 0.355. The van der Waals surface area contributed by atoms with Crippen LogP contribution in [-0.4, -0.2) is 25.2 Å². The Morgan fingerprint density at radius 1 is 0.838 bits per heavy atom. The van der Waals surface area contributed by atoms with E-state index in [9.17, 15) is 9.59 Å². The molecule has 4 saturated carbocycles. The summed E-state index contributed by atoms with van der Waals surface area (Å²) in [5, 5.41) is 0. The zero-order valence-electron chi connectivity index (χ0n) is 24.9. The summed E-state index contributed by atoms with van der Waals surface area (Å²) in [5.74, 6) is 0.573. The second-order valence-corrected chi connectivity index (χ2v) is 15.4. The van der Waals surface area contributed by atoms with Crippen LogP contribution < -0.4 is 0 Å². The minimum Gasteiger partial charge on any atom is -0.469 e. The standard InChI is InChI=1S/C33H50O4/c1-21(34)37-26-13-14-30(6)24(29(26,4)5)12-15-32(8)25(30)11-10-22-23-20-28(2,3)16-18-33(23,27(35)36-9)19-17-31(22,32)7/h10-11,23-24,26H,12-20H2,1-9H3/t23-,24?,26-,30-,31+,32+,33-/m0/s1. The van der Waals surface area contributed by atoms with E-state index in [0.29, 0.717) is 5.92 Å². The maximum atomic E-state index is 13.4. The Labute approximate surface area is 225 Å². The number of carbonyl (C=O) groups excluding carboxylic acids is 2. The van der Waals surface area contributed by atoms with Crippen LogP contribution in [0.2, 0.25) is 0 Å². The van der Waals surface area contributed by atoms with Crippen molar-refractivity contribution in [1.82, 2.24) is 0 Å². The molecule has 4 heteroatoms. The Morgan fingerprint density at radius 3 is 2.16 bits per heavy atom. The average molecular weight is 511 g/mol. The first-order valence-electron chi connectivity index (χ1n) is 14.8. The van der Waals surface area contributed by atoms with E-state index < -0.39 is 0 Å². The summed E-state index contributed by atoms with van der Waals surface area (Å²) < 4.78 is 11.4. The summed E-state index contributed by atoms with van der Waals surface area (Å²) in [6, 6.07) is 0. The van der Waals surface area contributed by atoms with E-state index in [1.807, 2.05) is 0 Å². The van der Waals surface area contributed by atoms with Crippen molar-refractivity contribution in [2.24, 2.45) is 44.3 Å². The van der Waals surface area contributed by atoms with Crippen molar-refractivity contribution in [3.05, 3.63) is 23.3 Å². The van der Waals surface area contributed by atoms with Crippen LogP contribution in [0.4, 0.5) is 0 Å². The number of hydrogen-bond acceptors (Lipinski definition) is 4. The smallest absolute Gasteiger partial charge is 0.312 e. The minimum absolute atomic E-state index is 0.0112. The third kappa shape index (κ3) is 3.52. The highest BCUT2D eigenvalue weighted by Gasteiger charge is 2.67. The van der Waals surface area contributed by atoms with Crippen LogP contribution in [-0.2, 0) is 19.1 Å². The summed E-state index contributed by atoms with van der Waals surface area (Å²) in [5.41, 5.74) is 3.11. The van der Waals surface area contributed by atoms with E-state index in [4.69, 9.17) is 9.47 Å². The molecule has 5 aliphatic carbocycles. The number of methoxy groups -OCH3 is 1. The van der Waals surface area contributed by atoms with Gasteiger partial charge in [0, 0.05) is 12.3 Å². The summed E-state index contributed by atoms with van der Waals surface area (Å²) in [6.45, 7) is 18.5. The van der Waals surface area contributed by atoms with E-state index in [0.717, 1.165) is 57.8 Å². The Kier molecular flexibility index (Phi) is 5.99. The number of carbonyl (C=O) groups is 2. The van der Waals surface area contributed by atoms with Crippen LogP contribution in [0, 0.1) is 44.3 Å². The van der Waals surface area contributed by atoms with Crippen LogP contribution >= 0.6 is 0 Å². The van der Waals surface area contributed by atoms with Gasteiger partial charge >= 0.3 is 11.9 Å². The molecular weight excluding hydrogens is 460 g/mol. The lowest BCUT2D eigenvalue weighted by Crippen LogP contribution is -2.62. The van der Waals surface area contributed by atoms with Gasteiger partial charge in [0.05, 0.1) is 12.5 Å². The van der Waals surface area contributed by atoms with Gasteiger partial charge in [-0.2, -0.15) is 0 Å². The van der Waals surface area contributed by atoms with Crippen LogP contribution in [0.3, 0.4) is 0 Å². The van der Waals surface area contributed by atoms with Gasteiger partial charge in [-0.3, -0.25) is 9.59 Å². The fourth-order valence-electron chi connectivity index (χ4n) is 10.5. The lowest BCUT2D eigenvalue weighted by atomic mass is 9.36. The summed E-state index contributed by atoms with van der Waals surface area (Å²) in [7, 11) is 1.58. The number of esters is 2. The average Bonchev–Trinajstić information content (AvgIpc) is 2.80. The molecule has 37 heavy (non-hydrogen) atoms. The third-order valence-electron chi connectivity index (χ3n) is 12.9. The van der Waals surface area contributed by atoms with Crippen molar-refractivity contribution >= 4 is 11.9 Å². The molecule has 7 atom stereocenters. The van der Waals surface area contributed by atoms with Crippen molar-refractivity contribution in [2.45, 2.75) is 119 Å². The molecule has 0 heterocycles. The predicted octanol–water partition coefficient (Wildman–Crippen LogP) is 7.81. The van der Waals surface area contributed by atoms with Crippen molar-refractivity contribution in [3.8, 4) is 0 Å². The molecule has 4 fully saturated rings. The molecule has 1 unspecified atom stereocenters. The second-order valence-electron chi connectivity index (χ2n) is 15.4. The second kappa shape index (κ2) is 8.21. The maximum Gasteiger partial charge on any atom is 0.312 e. The highest BCUT2D eigenvalue weighted by molar-refractivity contribution is 5.78. The van der Waals surface area contributed by atoms with E-state index in [1.54, 1.807) is 19.6 Å². The van der Waals surface area contributed by atoms with Gasteiger partial charge in [-0.15, -0.1) is 0 Å². The fourth-order valence-corrected chi connectivity index (χ4v) is 10.5. The maximum absolute atomic E-state index is 13.4. The molecule has 206 valence electrons. The fraction of sp³-hybridized carbons (Fsp3) is 0.818. The highest BCUT2D eigenvalue weighted by atomic mass is 16.5. The SMILES string of the molecule is COC(=O)[C@]12CCC(C)(C)C[C@H]1C1=CC=C3[C@@]4(C)CC[C@H](OC(C)=O)C(C)(C)C4CC[C@@]3(C)[C@]1(C)CC2. The first kappa shape index (κ1) is 27.0. The predicted molar refractivity (Wildman–Crippen MR) is 147 cm³/mol. The molecule has 0 aliphatic heterocycles. The molecule has 0 bridgehead atoms. The first-order chi connectivity index (χ1) is 17.1. The Balaban J connectivity index is 1.60. The number of allylic oxidation sites excluding steroid dienone is 4. The zero-order chi connectivity index (χ0) is 27.2. The van der Waals surface area contributed by atoms with E-state index >= 15 is 0 Å². The van der Waals surface area contributed by atoms with Gasteiger partial charge in [-0.1, -0.05) is 71.8 Å². The monoisotopic (exact) mass is 510 g/mol. The van der Waals surface area contributed by atoms with Crippen LogP contribution in [0.15, 0.2) is 23.3 Å². The van der Waals surface area contributed by atoms with Gasteiger partial charge in [0.1, 0.15) is 6.10 Å². The van der Waals surface area contributed by atoms with Crippen molar-refractivity contribution < 1.29 is 19.1 Å². The third-order valence-corrected chi connectivity index (χ3v) is 12.9. The topological polar surface area (TPSA) is 52.6 Å². The van der Waals surface area contributed by atoms with Gasteiger partial charge in [-0.05, 0) is 91.3 Å². The Hall–Kier alpha value is -1.58. The van der Waals surface area contributed by atoms with Crippen molar-refractivity contribution in [1.29, 1.82) is 0 Å². The van der Waals surface area contributed by atoms with Gasteiger partial charge in [0.25, 0.3) is 0 Å². The van der Waals surface area contributed by atoms with Crippen LogP contribution in [0.1, 0.15) is 113 Å². The molecule has 0 amide bonds. The van der Waals surface area contributed by atoms with Crippen molar-refractivity contribution in [3.63, 3.8) is 0 Å². The van der Waals surface area contributed by atoms with Crippen LogP contribution in [0.5, 0.6) is 0 Å². The molecular formula is C33H50O4. The molecule has 0 spiro atoms. The van der Waals surface area contributed by atoms with Crippen molar-refractivity contribution in [2.75, 3.05) is 7.11 Å². The molecule has 0 aromatic carbocycles. The molecule has 0 saturated heterocycles. The van der Waals surface area contributed by atoms with Gasteiger partial charge in [0.15, 0.2) is 0 Å². The zero-order valence-corrected chi connectivity index (χ0v) is 24.9. The summed E-state index contributed by atoms with van der Waals surface area (Å²) >= 11 is 0. The molecule has 0 radical (unpaired) electrons. The Bertz CT molecular complexity index is 1060. The van der Waals surface area contributed by atoms with Crippen LogP contribution in [0.25, 0.3) is 0 Å². The highest BCUT2D eigenvalue weighted by Crippen LogP contribution is 2.74. The minimum atomic E-state index is -0.373. The number of fused-ring (bicyclic) bond motifs is 7. The number of hydrogen-bond donors (Lipinski definition) is 0. The first-order valence-corrected chi connectivity index (χ1v) is 14.8. The normalized spacial score (nSPS) is 45.6. The summed E-state index contributed by atoms with van der Waals surface area (Å²) in [6.07, 6.45) is 14.2. The number of rotatable bonds is 2. The van der Waals surface area contributed by atoms with E-state index in [-0.39, 0.29) is 56.5 Å². The van der Waals surface area contributed by atoms with Gasteiger partial charge in [-0.25, -0.2) is 0 Å². The summed E-state index contributed by atoms with van der Waals surface area (Å²) in [4.78, 5) is 25.3. The molecule has 0 aromatic rings. The molecule has 5 rings (SSSR count). The van der Waals surface area contributed by atoms with Gasteiger partial charge < -0.3 is 9.47 Å². The molecule has 5 aliphatic rings. The Morgan fingerprint density at radius 2 is 1.51 bits per heavy atom.